The quantitative estimate of drug-likeness (QED) is 0.878. The van der Waals surface area contributed by atoms with Crippen LogP contribution in [0.1, 0.15) is 31.2 Å². The van der Waals surface area contributed by atoms with Gasteiger partial charge in [0.1, 0.15) is 11.4 Å². The van der Waals surface area contributed by atoms with Crippen LogP contribution in [-0.4, -0.2) is 17.3 Å². The molecule has 1 aliphatic carbocycles. The van der Waals surface area contributed by atoms with Crippen molar-refractivity contribution in [2.24, 2.45) is 0 Å². The summed E-state index contributed by atoms with van der Waals surface area (Å²) in [6.07, 6.45) is 4.14. The molecule has 0 bridgehead atoms. The first-order valence-electron chi connectivity index (χ1n) is 5.71. The molecule has 2 rings (SSSR count). The number of halogens is 1. The molecule has 88 valence electrons. The van der Waals surface area contributed by atoms with E-state index < -0.39 is 0 Å². The van der Waals surface area contributed by atoms with Crippen molar-refractivity contribution in [2.75, 3.05) is 6.61 Å². The molecule has 0 unspecified atom stereocenters. The van der Waals surface area contributed by atoms with Gasteiger partial charge in [0, 0.05) is 5.02 Å². The molecule has 1 N–H and O–H groups in total. The van der Waals surface area contributed by atoms with Crippen LogP contribution < -0.4 is 4.74 Å². The second-order valence-corrected chi connectivity index (χ2v) is 5.00. The first-order valence-corrected chi connectivity index (χ1v) is 6.09. The summed E-state index contributed by atoms with van der Waals surface area (Å²) in [4.78, 5) is 0. The number of rotatable bonds is 3. The van der Waals surface area contributed by atoms with Gasteiger partial charge < -0.3 is 9.84 Å². The van der Waals surface area contributed by atoms with Gasteiger partial charge in [0.15, 0.2) is 0 Å². The monoisotopic (exact) mass is 240 g/mol. The maximum absolute atomic E-state index is 9.47. The molecule has 1 aromatic rings. The molecular formula is C13H17ClO2. The number of hydrogen-bond acceptors (Lipinski definition) is 2. The fourth-order valence-electron chi connectivity index (χ4n) is 2.27. The SMILES string of the molecule is Cc1cc(Cl)ccc1OC1(CO)CCCC1. The molecule has 0 radical (unpaired) electrons. The summed E-state index contributed by atoms with van der Waals surface area (Å²) in [6.45, 7) is 2.07. The lowest BCUT2D eigenvalue weighted by Gasteiger charge is -2.29. The van der Waals surface area contributed by atoms with Crippen LogP contribution in [0, 0.1) is 6.92 Å². The van der Waals surface area contributed by atoms with Crippen LogP contribution in [0.2, 0.25) is 5.02 Å². The predicted octanol–water partition coefficient (Wildman–Crippen LogP) is 3.33. The zero-order valence-corrected chi connectivity index (χ0v) is 10.3. The summed E-state index contributed by atoms with van der Waals surface area (Å²) in [7, 11) is 0. The number of aryl methyl sites for hydroxylation is 1. The van der Waals surface area contributed by atoms with Crippen molar-refractivity contribution < 1.29 is 9.84 Å². The number of benzene rings is 1. The molecule has 3 heteroatoms. The van der Waals surface area contributed by atoms with Crippen LogP contribution in [0.5, 0.6) is 5.75 Å². The van der Waals surface area contributed by atoms with E-state index in [1.807, 2.05) is 25.1 Å². The van der Waals surface area contributed by atoms with Gasteiger partial charge in [-0.25, -0.2) is 0 Å². The van der Waals surface area contributed by atoms with Crippen molar-refractivity contribution in [2.45, 2.75) is 38.2 Å². The Kier molecular flexibility index (Phi) is 3.41. The topological polar surface area (TPSA) is 29.5 Å². The second-order valence-electron chi connectivity index (χ2n) is 4.56. The Morgan fingerprint density at radius 3 is 2.62 bits per heavy atom. The molecule has 0 aliphatic heterocycles. The number of hydrogen-bond donors (Lipinski definition) is 1. The lowest BCUT2D eigenvalue weighted by molar-refractivity contribution is 0.0146. The zero-order chi connectivity index (χ0) is 11.6. The van der Waals surface area contributed by atoms with Crippen LogP contribution >= 0.6 is 11.6 Å². The fraction of sp³-hybridized carbons (Fsp3) is 0.538. The van der Waals surface area contributed by atoms with Crippen LogP contribution in [0.15, 0.2) is 18.2 Å². The molecule has 0 heterocycles. The zero-order valence-electron chi connectivity index (χ0n) is 9.50. The molecule has 16 heavy (non-hydrogen) atoms. The van der Waals surface area contributed by atoms with Crippen molar-refractivity contribution in [1.82, 2.24) is 0 Å². The highest BCUT2D eigenvalue weighted by molar-refractivity contribution is 6.30. The van der Waals surface area contributed by atoms with E-state index in [9.17, 15) is 5.11 Å². The maximum atomic E-state index is 9.47. The number of ether oxygens (including phenoxy) is 1. The fourth-order valence-corrected chi connectivity index (χ4v) is 2.50. The maximum Gasteiger partial charge on any atom is 0.132 e. The highest BCUT2D eigenvalue weighted by Crippen LogP contribution is 2.35. The largest absolute Gasteiger partial charge is 0.485 e. The van der Waals surface area contributed by atoms with Gasteiger partial charge in [-0.3, -0.25) is 0 Å². The summed E-state index contributed by atoms with van der Waals surface area (Å²) in [6, 6.07) is 5.59. The van der Waals surface area contributed by atoms with E-state index in [1.54, 1.807) is 0 Å². The summed E-state index contributed by atoms with van der Waals surface area (Å²) < 4.78 is 5.99. The molecule has 2 nitrogen and oxygen atoms in total. The van der Waals surface area contributed by atoms with Gasteiger partial charge in [-0.15, -0.1) is 0 Å². The second kappa shape index (κ2) is 4.64. The van der Waals surface area contributed by atoms with E-state index in [2.05, 4.69) is 0 Å². The molecule has 0 spiro atoms. The molecule has 1 fully saturated rings. The van der Waals surface area contributed by atoms with E-state index in [0.29, 0.717) is 5.02 Å². The van der Waals surface area contributed by atoms with Crippen LogP contribution in [-0.2, 0) is 0 Å². The summed E-state index contributed by atoms with van der Waals surface area (Å²) in [5.74, 6) is 0.834. The molecule has 0 atom stereocenters. The highest BCUT2D eigenvalue weighted by atomic mass is 35.5. The van der Waals surface area contributed by atoms with E-state index >= 15 is 0 Å². The van der Waals surface area contributed by atoms with Crippen LogP contribution in [0.4, 0.5) is 0 Å². The van der Waals surface area contributed by atoms with Gasteiger partial charge in [-0.1, -0.05) is 11.6 Å². The van der Waals surface area contributed by atoms with E-state index in [1.165, 1.54) is 0 Å². The third-order valence-electron chi connectivity index (χ3n) is 3.27. The van der Waals surface area contributed by atoms with Gasteiger partial charge in [0.2, 0.25) is 0 Å². The minimum atomic E-state index is -0.363. The van der Waals surface area contributed by atoms with Crippen LogP contribution in [0.25, 0.3) is 0 Å². The first-order chi connectivity index (χ1) is 7.65. The third kappa shape index (κ3) is 2.33. The average Bonchev–Trinajstić information content (AvgIpc) is 2.72. The molecule has 0 saturated heterocycles. The van der Waals surface area contributed by atoms with Gasteiger partial charge in [-0.05, 0) is 56.4 Å². The van der Waals surface area contributed by atoms with Gasteiger partial charge in [0.25, 0.3) is 0 Å². The first kappa shape index (κ1) is 11.7. The van der Waals surface area contributed by atoms with Gasteiger partial charge in [-0.2, -0.15) is 0 Å². The molecule has 1 aromatic carbocycles. The van der Waals surface area contributed by atoms with Crippen molar-refractivity contribution in [3.63, 3.8) is 0 Å². The Hall–Kier alpha value is -0.730. The Labute approximate surface area is 101 Å². The molecule has 1 aliphatic rings. The minimum absolute atomic E-state index is 0.0923. The van der Waals surface area contributed by atoms with Crippen molar-refractivity contribution in [3.8, 4) is 5.75 Å². The minimum Gasteiger partial charge on any atom is -0.485 e. The van der Waals surface area contributed by atoms with E-state index in [4.69, 9.17) is 16.3 Å². The molecule has 0 aromatic heterocycles. The lowest BCUT2D eigenvalue weighted by Crippen LogP contribution is -2.37. The third-order valence-corrected chi connectivity index (χ3v) is 3.50. The average molecular weight is 241 g/mol. The van der Waals surface area contributed by atoms with Gasteiger partial charge in [0.05, 0.1) is 6.61 Å². The summed E-state index contributed by atoms with van der Waals surface area (Å²) in [5.41, 5.74) is 0.658. The van der Waals surface area contributed by atoms with Crippen LogP contribution in [0.3, 0.4) is 0 Å². The summed E-state index contributed by atoms with van der Waals surface area (Å²) >= 11 is 5.90. The number of aliphatic hydroxyl groups excluding tert-OH is 1. The lowest BCUT2D eigenvalue weighted by atomic mass is 10.0. The van der Waals surface area contributed by atoms with Crippen molar-refractivity contribution in [1.29, 1.82) is 0 Å². The van der Waals surface area contributed by atoms with E-state index in [-0.39, 0.29) is 12.2 Å². The molecular weight excluding hydrogens is 224 g/mol. The van der Waals surface area contributed by atoms with Crippen molar-refractivity contribution >= 4 is 11.6 Å². The predicted molar refractivity (Wildman–Crippen MR) is 65.1 cm³/mol. The Morgan fingerprint density at radius 2 is 2.06 bits per heavy atom. The Bertz CT molecular complexity index is 370. The standard InChI is InChI=1S/C13H17ClO2/c1-10-8-11(14)4-5-12(10)16-13(9-15)6-2-3-7-13/h4-5,8,15H,2-3,6-7,9H2,1H3. The normalized spacial score (nSPS) is 18.7. The van der Waals surface area contributed by atoms with Crippen molar-refractivity contribution in [3.05, 3.63) is 28.8 Å². The Morgan fingerprint density at radius 1 is 1.38 bits per heavy atom. The summed E-state index contributed by atoms with van der Waals surface area (Å²) in [5, 5.41) is 10.2. The molecule has 0 amide bonds. The van der Waals surface area contributed by atoms with E-state index in [0.717, 1.165) is 37.0 Å². The van der Waals surface area contributed by atoms with Gasteiger partial charge >= 0.3 is 0 Å². The smallest absolute Gasteiger partial charge is 0.132 e. The Balaban J connectivity index is 2.19. The number of aliphatic hydroxyl groups is 1. The molecule has 1 saturated carbocycles. The highest BCUT2D eigenvalue weighted by Gasteiger charge is 2.35.